The molecule has 1 aliphatic carbocycles. The Hall–Kier alpha value is -1.55. The van der Waals surface area contributed by atoms with E-state index in [2.05, 4.69) is 15.1 Å². The number of halogens is 2. The lowest BCUT2D eigenvalue weighted by Gasteiger charge is -2.21. The Kier molecular flexibility index (Phi) is 4.44. The second kappa shape index (κ2) is 6.48. The van der Waals surface area contributed by atoms with Crippen LogP contribution in [0.1, 0.15) is 43.8 Å². The number of hydrogen-bond acceptors (Lipinski definition) is 2. The third-order valence-electron chi connectivity index (χ3n) is 3.95. The van der Waals surface area contributed by atoms with Gasteiger partial charge in [-0.25, -0.2) is 4.39 Å². The van der Waals surface area contributed by atoms with Crippen molar-refractivity contribution in [3.8, 4) is 0 Å². The Bertz CT molecular complexity index is 585. The highest BCUT2D eigenvalue weighted by Gasteiger charge is 2.15. The van der Waals surface area contributed by atoms with Crippen LogP contribution >= 0.6 is 11.6 Å². The fourth-order valence-corrected chi connectivity index (χ4v) is 3.09. The van der Waals surface area contributed by atoms with Gasteiger partial charge in [0.2, 0.25) is 0 Å². The fourth-order valence-electron chi connectivity index (χ4n) is 2.87. The molecule has 5 heteroatoms. The van der Waals surface area contributed by atoms with Crippen LogP contribution in [-0.4, -0.2) is 9.78 Å². The summed E-state index contributed by atoms with van der Waals surface area (Å²) in [4.78, 5) is 0. The van der Waals surface area contributed by atoms with Gasteiger partial charge < -0.3 is 5.32 Å². The minimum absolute atomic E-state index is 0.335. The van der Waals surface area contributed by atoms with Gasteiger partial charge in [0.15, 0.2) is 0 Å². The predicted octanol–water partition coefficient (Wildman–Crippen LogP) is 4.79. The zero-order chi connectivity index (χ0) is 14.7. The van der Waals surface area contributed by atoms with Crippen LogP contribution < -0.4 is 5.32 Å². The van der Waals surface area contributed by atoms with Crippen LogP contribution in [0.25, 0.3) is 0 Å². The van der Waals surface area contributed by atoms with E-state index >= 15 is 0 Å². The maximum atomic E-state index is 13.3. The monoisotopic (exact) mass is 307 g/mol. The van der Waals surface area contributed by atoms with Crippen LogP contribution in [0.2, 0.25) is 5.02 Å². The van der Waals surface area contributed by atoms with E-state index in [-0.39, 0.29) is 5.82 Å². The Labute approximate surface area is 129 Å². The van der Waals surface area contributed by atoms with Crippen molar-refractivity contribution in [3.63, 3.8) is 0 Å². The average Bonchev–Trinajstić information content (AvgIpc) is 2.94. The summed E-state index contributed by atoms with van der Waals surface area (Å²) in [6.07, 6.45) is 8.40. The number of nitrogens with one attached hydrogen (secondary N) is 1. The minimum Gasteiger partial charge on any atom is -0.379 e. The van der Waals surface area contributed by atoms with Gasteiger partial charge in [0.05, 0.1) is 18.3 Å². The van der Waals surface area contributed by atoms with Gasteiger partial charge >= 0.3 is 0 Å². The van der Waals surface area contributed by atoms with Gasteiger partial charge in [-0.3, -0.25) is 4.68 Å². The largest absolute Gasteiger partial charge is 0.379 e. The molecular formula is C16H19ClFN3. The summed E-state index contributed by atoms with van der Waals surface area (Å²) in [5.74, 6) is -0.335. The van der Waals surface area contributed by atoms with Gasteiger partial charge in [0.1, 0.15) is 5.82 Å². The summed E-state index contributed by atoms with van der Waals surface area (Å²) in [7, 11) is 0. The molecule has 0 amide bonds. The van der Waals surface area contributed by atoms with Crippen molar-refractivity contribution in [1.29, 1.82) is 0 Å². The molecule has 1 fully saturated rings. The Morgan fingerprint density at radius 1 is 1.24 bits per heavy atom. The second-order valence-electron chi connectivity index (χ2n) is 5.59. The number of hydrogen-bond donors (Lipinski definition) is 1. The average molecular weight is 308 g/mol. The van der Waals surface area contributed by atoms with Crippen molar-refractivity contribution in [2.45, 2.75) is 44.7 Å². The van der Waals surface area contributed by atoms with Crippen molar-refractivity contribution in [3.05, 3.63) is 47.0 Å². The number of nitrogens with zero attached hydrogens (tertiary/aromatic N) is 2. The maximum absolute atomic E-state index is 13.3. The highest BCUT2D eigenvalue weighted by Crippen LogP contribution is 2.27. The molecule has 2 aromatic rings. The molecule has 21 heavy (non-hydrogen) atoms. The van der Waals surface area contributed by atoms with Gasteiger partial charge in [0, 0.05) is 16.9 Å². The van der Waals surface area contributed by atoms with Crippen LogP contribution in [0.5, 0.6) is 0 Å². The molecule has 0 bridgehead atoms. The Balaban J connectivity index is 1.61. The van der Waals surface area contributed by atoms with E-state index in [4.69, 9.17) is 11.6 Å². The lowest BCUT2D eigenvalue weighted by Crippen LogP contribution is -2.13. The first-order valence-corrected chi connectivity index (χ1v) is 7.82. The minimum atomic E-state index is -0.335. The predicted molar refractivity (Wildman–Crippen MR) is 83.1 cm³/mol. The summed E-state index contributed by atoms with van der Waals surface area (Å²) in [5.41, 5.74) is 1.63. The Morgan fingerprint density at radius 3 is 2.81 bits per heavy atom. The number of benzene rings is 1. The van der Waals surface area contributed by atoms with E-state index in [1.807, 2.05) is 12.3 Å². The quantitative estimate of drug-likeness (QED) is 0.880. The molecule has 1 saturated carbocycles. The molecule has 1 heterocycles. The molecule has 0 spiro atoms. The zero-order valence-electron chi connectivity index (χ0n) is 11.9. The normalized spacial score (nSPS) is 16.1. The summed E-state index contributed by atoms with van der Waals surface area (Å²) in [5, 5.41) is 8.17. The first kappa shape index (κ1) is 14.4. The molecule has 0 radical (unpaired) electrons. The molecular weight excluding hydrogens is 289 g/mol. The first-order chi connectivity index (χ1) is 10.2. The van der Waals surface area contributed by atoms with Gasteiger partial charge in [-0.2, -0.15) is 5.10 Å². The SMILES string of the molecule is Fc1cc(Cl)cc(NCc2ccn(C3CCCCC3)n2)c1. The van der Waals surface area contributed by atoms with Crippen molar-refractivity contribution in [2.24, 2.45) is 0 Å². The summed E-state index contributed by atoms with van der Waals surface area (Å²) >= 11 is 5.84. The molecule has 0 atom stereocenters. The number of rotatable bonds is 4. The van der Waals surface area contributed by atoms with Gasteiger partial charge in [0.25, 0.3) is 0 Å². The molecule has 3 nitrogen and oxygen atoms in total. The molecule has 1 aromatic carbocycles. The van der Waals surface area contributed by atoms with Crippen LogP contribution in [-0.2, 0) is 6.54 Å². The topological polar surface area (TPSA) is 29.9 Å². The number of aromatic nitrogens is 2. The van der Waals surface area contributed by atoms with E-state index in [0.717, 1.165) is 5.69 Å². The summed E-state index contributed by atoms with van der Waals surface area (Å²) in [6, 6.07) is 7.00. The van der Waals surface area contributed by atoms with Crippen molar-refractivity contribution < 1.29 is 4.39 Å². The third-order valence-corrected chi connectivity index (χ3v) is 4.17. The van der Waals surface area contributed by atoms with E-state index in [1.54, 1.807) is 6.07 Å². The molecule has 112 valence electrons. The molecule has 0 aliphatic heterocycles. The van der Waals surface area contributed by atoms with Crippen molar-refractivity contribution >= 4 is 17.3 Å². The highest BCUT2D eigenvalue weighted by atomic mass is 35.5. The van der Waals surface area contributed by atoms with E-state index in [9.17, 15) is 4.39 Å². The zero-order valence-corrected chi connectivity index (χ0v) is 12.6. The Morgan fingerprint density at radius 2 is 2.05 bits per heavy atom. The summed E-state index contributed by atoms with van der Waals surface area (Å²) < 4.78 is 15.3. The van der Waals surface area contributed by atoms with Crippen LogP contribution in [0, 0.1) is 5.82 Å². The smallest absolute Gasteiger partial charge is 0.126 e. The van der Waals surface area contributed by atoms with Crippen LogP contribution in [0.15, 0.2) is 30.5 Å². The number of anilines is 1. The van der Waals surface area contributed by atoms with Crippen LogP contribution in [0.3, 0.4) is 0 Å². The molecule has 3 rings (SSSR count). The molecule has 1 aliphatic rings. The standard InChI is InChI=1S/C16H19ClFN3/c17-12-8-13(18)10-15(9-12)19-11-14-6-7-21(20-14)16-4-2-1-3-5-16/h6-10,16,19H,1-5,11H2. The maximum Gasteiger partial charge on any atom is 0.126 e. The van der Waals surface area contributed by atoms with E-state index < -0.39 is 0 Å². The lowest BCUT2D eigenvalue weighted by molar-refractivity contribution is 0.328. The fraction of sp³-hybridized carbons (Fsp3) is 0.438. The van der Waals surface area contributed by atoms with Crippen molar-refractivity contribution in [2.75, 3.05) is 5.32 Å². The second-order valence-corrected chi connectivity index (χ2v) is 6.03. The molecule has 1 N–H and O–H groups in total. The van der Waals surface area contributed by atoms with Gasteiger partial charge in [-0.05, 0) is 37.1 Å². The van der Waals surface area contributed by atoms with Crippen molar-refractivity contribution in [1.82, 2.24) is 9.78 Å². The molecule has 0 saturated heterocycles. The molecule has 1 aromatic heterocycles. The van der Waals surface area contributed by atoms with E-state index in [0.29, 0.717) is 23.3 Å². The molecule has 0 unspecified atom stereocenters. The van der Waals surface area contributed by atoms with Gasteiger partial charge in [-0.15, -0.1) is 0 Å². The lowest BCUT2D eigenvalue weighted by atomic mass is 9.96. The van der Waals surface area contributed by atoms with Crippen LogP contribution in [0.4, 0.5) is 10.1 Å². The highest BCUT2D eigenvalue weighted by molar-refractivity contribution is 6.30. The van der Waals surface area contributed by atoms with E-state index in [1.165, 1.54) is 44.2 Å². The third kappa shape index (κ3) is 3.76. The summed E-state index contributed by atoms with van der Waals surface area (Å²) in [6.45, 7) is 0.569. The van der Waals surface area contributed by atoms with Gasteiger partial charge in [-0.1, -0.05) is 30.9 Å². The first-order valence-electron chi connectivity index (χ1n) is 7.45.